The number of ether oxygens (including phenoxy) is 1. The Morgan fingerprint density at radius 1 is 1.53 bits per heavy atom. The molecule has 0 radical (unpaired) electrons. The number of rotatable bonds is 1. The van der Waals surface area contributed by atoms with Gasteiger partial charge in [-0.3, -0.25) is 0 Å². The first kappa shape index (κ1) is 11.8. The van der Waals surface area contributed by atoms with Crippen molar-refractivity contribution in [3.63, 3.8) is 0 Å². The molecule has 0 amide bonds. The molecule has 5 heteroatoms. The highest BCUT2D eigenvalue weighted by Crippen LogP contribution is 2.32. The lowest BCUT2D eigenvalue weighted by Gasteiger charge is -2.12. The predicted molar refractivity (Wildman–Crippen MR) is 67.3 cm³/mol. The van der Waals surface area contributed by atoms with E-state index in [4.69, 9.17) is 9.68 Å². The Labute approximate surface area is 110 Å². The molecule has 0 bridgehead atoms. The van der Waals surface area contributed by atoms with Crippen LogP contribution in [0.25, 0.3) is 11.0 Å². The molecule has 0 N–H and O–H groups in total. The second-order valence-electron chi connectivity index (χ2n) is 4.67. The lowest BCUT2D eigenvalue weighted by Crippen LogP contribution is -2.19. The molecule has 1 aliphatic heterocycles. The van der Waals surface area contributed by atoms with Crippen molar-refractivity contribution in [1.29, 1.82) is 5.26 Å². The fourth-order valence-electron chi connectivity index (χ4n) is 2.56. The number of carbonyl (C=O) groups excluding carboxylic acids is 1. The minimum Gasteiger partial charge on any atom is -0.449 e. The van der Waals surface area contributed by atoms with Crippen LogP contribution in [0.15, 0.2) is 22.6 Å². The zero-order valence-corrected chi connectivity index (χ0v) is 10.5. The Balaban J connectivity index is 2.24. The molecule has 0 aliphatic carbocycles. The molecule has 1 aliphatic rings. The summed E-state index contributed by atoms with van der Waals surface area (Å²) in [6, 6.07) is 5.78. The van der Waals surface area contributed by atoms with Crippen molar-refractivity contribution in [3.8, 4) is 6.26 Å². The SMILES string of the molecule is CN1CCc2cccc3oc(C(=O)OC#N)c(c23)C1. The molecule has 0 saturated carbocycles. The summed E-state index contributed by atoms with van der Waals surface area (Å²) in [4.78, 5) is 13.9. The molecule has 3 rings (SSSR count). The normalized spacial score (nSPS) is 14.9. The van der Waals surface area contributed by atoms with Gasteiger partial charge in [-0.2, -0.15) is 0 Å². The summed E-state index contributed by atoms with van der Waals surface area (Å²) in [6.45, 7) is 1.53. The van der Waals surface area contributed by atoms with E-state index in [1.54, 1.807) is 0 Å². The van der Waals surface area contributed by atoms with E-state index >= 15 is 0 Å². The number of hydrogen-bond acceptors (Lipinski definition) is 5. The van der Waals surface area contributed by atoms with Gasteiger partial charge in [0.05, 0.1) is 0 Å². The molecule has 0 atom stereocenters. The molecule has 96 valence electrons. The van der Waals surface area contributed by atoms with Crippen LogP contribution in [0, 0.1) is 11.5 Å². The van der Waals surface area contributed by atoms with Gasteiger partial charge in [0, 0.05) is 24.0 Å². The van der Waals surface area contributed by atoms with Gasteiger partial charge >= 0.3 is 5.97 Å². The van der Waals surface area contributed by atoms with Gasteiger partial charge in [-0.15, -0.1) is 5.26 Å². The molecule has 0 unspecified atom stereocenters. The van der Waals surface area contributed by atoms with Gasteiger partial charge in [0.2, 0.25) is 5.76 Å². The third-order valence-electron chi connectivity index (χ3n) is 3.42. The monoisotopic (exact) mass is 256 g/mol. The van der Waals surface area contributed by atoms with E-state index in [2.05, 4.69) is 9.64 Å². The van der Waals surface area contributed by atoms with Crippen LogP contribution < -0.4 is 0 Å². The van der Waals surface area contributed by atoms with Crippen LogP contribution in [0.2, 0.25) is 0 Å². The highest BCUT2D eigenvalue weighted by Gasteiger charge is 2.26. The van der Waals surface area contributed by atoms with E-state index in [0.717, 1.165) is 29.5 Å². The molecule has 0 spiro atoms. The molecule has 5 nitrogen and oxygen atoms in total. The summed E-state index contributed by atoms with van der Waals surface area (Å²) in [6.07, 6.45) is 2.31. The van der Waals surface area contributed by atoms with Gasteiger partial charge in [0.1, 0.15) is 5.58 Å². The Hall–Kier alpha value is -2.32. The summed E-state index contributed by atoms with van der Waals surface area (Å²) >= 11 is 0. The third-order valence-corrected chi connectivity index (χ3v) is 3.42. The number of likely N-dealkylation sites (N-methyl/N-ethyl adjacent to an activating group) is 1. The molecule has 1 aromatic heterocycles. The lowest BCUT2D eigenvalue weighted by molar-refractivity contribution is 0.0650. The van der Waals surface area contributed by atoms with E-state index in [1.165, 1.54) is 6.26 Å². The van der Waals surface area contributed by atoms with Crippen LogP contribution in [-0.4, -0.2) is 24.5 Å². The fraction of sp³-hybridized carbons (Fsp3) is 0.286. The molecular formula is C14H12N2O3. The van der Waals surface area contributed by atoms with Crippen LogP contribution in [0.1, 0.15) is 21.7 Å². The van der Waals surface area contributed by atoms with Gasteiger partial charge in [-0.25, -0.2) is 4.79 Å². The van der Waals surface area contributed by atoms with E-state index < -0.39 is 5.97 Å². The quantitative estimate of drug-likeness (QED) is 0.577. The third kappa shape index (κ3) is 1.86. The lowest BCUT2D eigenvalue weighted by atomic mass is 10.0. The summed E-state index contributed by atoms with van der Waals surface area (Å²) in [5, 5.41) is 9.45. The Morgan fingerprint density at radius 3 is 3.16 bits per heavy atom. The zero-order valence-electron chi connectivity index (χ0n) is 10.5. The highest BCUT2D eigenvalue weighted by atomic mass is 16.5. The summed E-state index contributed by atoms with van der Waals surface area (Å²) < 4.78 is 9.97. The van der Waals surface area contributed by atoms with E-state index in [0.29, 0.717) is 12.1 Å². The smallest absolute Gasteiger partial charge is 0.389 e. The Kier molecular flexibility index (Phi) is 2.73. The van der Waals surface area contributed by atoms with Gasteiger partial charge < -0.3 is 14.1 Å². The topological polar surface area (TPSA) is 66.5 Å². The number of nitriles is 1. The number of nitrogens with zero attached hydrogens (tertiary/aromatic N) is 2. The molecule has 19 heavy (non-hydrogen) atoms. The van der Waals surface area contributed by atoms with Crippen LogP contribution in [0.4, 0.5) is 0 Å². The first-order valence-electron chi connectivity index (χ1n) is 6.03. The minimum atomic E-state index is -0.727. The number of hydrogen-bond donors (Lipinski definition) is 0. The highest BCUT2D eigenvalue weighted by molar-refractivity contribution is 5.97. The van der Waals surface area contributed by atoms with Crippen molar-refractivity contribution in [2.75, 3.05) is 13.6 Å². The maximum atomic E-state index is 11.8. The number of benzene rings is 1. The average Bonchev–Trinajstić information content (AvgIpc) is 2.66. The molecular weight excluding hydrogens is 244 g/mol. The number of esters is 1. The zero-order chi connectivity index (χ0) is 13.4. The van der Waals surface area contributed by atoms with Gasteiger partial charge in [-0.05, 0) is 25.1 Å². The van der Waals surface area contributed by atoms with Crippen molar-refractivity contribution in [2.24, 2.45) is 0 Å². The summed E-state index contributed by atoms with van der Waals surface area (Å²) in [5.74, 6) is -0.590. The van der Waals surface area contributed by atoms with Crippen molar-refractivity contribution in [2.45, 2.75) is 13.0 Å². The summed E-state index contributed by atoms with van der Waals surface area (Å²) in [7, 11) is 1.99. The standard InChI is InChI=1S/C14H12N2O3/c1-16-6-5-9-3-2-4-11-12(9)10(7-16)13(19-11)14(17)18-8-15/h2-4H,5-7H2,1H3. The molecule has 0 fully saturated rings. The Bertz CT molecular complexity index is 697. The predicted octanol–water partition coefficient (Wildman–Crippen LogP) is 2.06. The van der Waals surface area contributed by atoms with Crippen molar-refractivity contribution in [3.05, 3.63) is 35.1 Å². The molecule has 2 aromatic rings. The minimum absolute atomic E-state index is 0.137. The second-order valence-corrected chi connectivity index (χ2v) is 4.67. The van der Waals surface area contributed by atoms with Crippen LogP contribution in [0.3, 0.4) is 0 Å². The van der Waals surface area contributed by atoms with Crippen molar-refractivity contribution >= 4 is 16.9 Å². The average molecular weight is 256 g/mol. The second kappa shape index (κ2) is 4.41. The van der Waals surface area contributed by atoms with Crippen LogP contribution in [-0.2, 0) is 17.7 Å². The first-order valence-corrected chi connectivity index (χ1v) is 6.03. The number of furan rings is 1. The number of carbonyl (C=O) groups is 1. The van der Waals surface area contributed by atoms with Crippen LogP contribution >= 0.6 is 0 Å². The van der Waals surface area contributed by atoms with Gasteiger partial charge in [0.15, 0.2) is 0 Å². The first-order chi connectivity index (χ1) is 9.20. The van der Waals surface area contributed by atoms with E-state index in [9.17, 15) is 4.79 Å². The maximum absolute atomic E-state index is 11.8. The van der Waals surface area contributed by atoms with E-state index in [-0.39, 0.29) is 5.76 Å². The summed E-state index contributed by atoms with van der Waals surface area (Å²) in [5.41, 5.74) is 2.65. The van der Waals surface area contributed by atoms with E-state index in [1.807, 2.05) is 25.2 Å². The molecule has 0 saturated heterocycles. The maximum Gasteiger partial charge on any atom is 0.389 e. The van der Waals surface area contributed by atoms with Crippen LogP contribution in [0.5, 0.6) is 0 Å². The fourth-order valence-corrected chi connectivity index (χ4v) is 2.56. The van der Waals surface area contributed by atoms with Gasteiger partial charge in [0.25, 0.3) is 6.26 Å². The largest absolute Gasteiger partial charge is 0.449 e. The Morgan fingerprint density at radius 2 is 2.37 bits per heavy atom. The van der Waals surface area contributed by atoms with Gasteiger partial charge in [-0.1, -0.05) is 12.1 Å². The molecule has 1 aromatic carbocycles. The molecule has 2 heterocycles. The van der Waals surface area contributed by atoms with Crippen molar-refractivity contribution < 1.29 is 13.9 Å². The van der Waals surface area contributed by atoms with Crippen molar-refractivity contribution in [1.82, 2.24) is 4.90 Å².